The third-order valence-corrected chi connectivity index (χ3v) is 5.72. The van der Waals surface area contributed by atoms with Crippen molar-refractivity contribution in [2.75, 3.05) is 12.0 Å². The van der Waals surface area contributed by atoms with Gasteiger partial charge in [0.2, 0.25) is 0 Å². The number of aliphatic hydroxyl groups excluding tert-OH is 1. The molecule has 0 aliphatic carbocycles. The van der Waals surface area contributed by atoms with Gasteiger partial charge in [0.1, 0.15) is 11.5 Å². The molecule has 6 nitrogen and oxygen atoms in total. The molecule has 1 atom stereocenters. The largest absolute Gasteiger partial charge is 0.507 e. The maximum absolute atomic E-state index is 13.3. The highest BCUT2D eigenvalue weighted by Crippen LogP contribution is 2.44. The number of para-hydroxylation sites is 1. The molecule has 3 aromatic rings. The standard InChI is InChI=1S/C26H24N2O4/c1-15-13-17(3)25(32-4)19(14-15)23(29)21-22(18-9-11-27-12-10-18)28(26(31)24(21)30)20-8-6-5-7-16(20)2/h5-14,22,29H,1-4H3/b23-21+. The summed E-state index contributed by atoms with van der Waals surface area (Å²) in [6.07, 6.45) is 3.20. The summed E-state index contributed by atoms with van der Waals surface area (Å²) in [6.45, 7) is 5.65. The summed E-state index contributed by atoms with van der Waals surface area (Å²) in [5.74, 6) is -1.23. The van der Waals surface area contributed by atoms with Crippen LogP contribution in [0.1, 0.15) is 33.9 Å². The summed E-state index contributed by atoms with van der Waals surface area (Å²) in [5.41, 5.74) is 4.26. The zero-order valence-corrected chi connectivity index (χ0v) is 18.4. The first kappa shape index (κ1) is 21.3. The Morgan fingerprint density at radius 1 is 1.00 bits per heavy atom. The zero-order valence-electron chi connectivity index (χ0n) is 18.4. The van der Waals surface area contributed by atoms with Crippen molar-refractivity contribution in [3.63, 3.8) is 0 Å². The Labute approximate surface area is 186 Å². The minimum atomic E-state index is -0.801. The third kappa shape index (κ3) is 3.43. The first-order valence-electron chi connectivity index (χ1n) is 10.3. The van der Waals surface area contributed by atoms with Crippen LogP contribution in [0.5, 0.6) is 5.75 Å². The van der Waals surface area contributed by atoms with Gasteiger partial charge in [0, 0.05) is 18.1 Å². The Morgan fingerprint density at radius 2 is 1.69 bits per heavy atom. The molecular weight excluding hydrogens is 404 g/mol. The molecule has 1 aliphatic heterocycles. The number of aliphatic hydroxyl groups is 1. The highest BCUT2D eigenvalue weighted by Gasteiger charge is 2.47. The minimum Gasteiger partial charge on any atom is -0.507 e. The van der Waals surface area contributed by atoms with Gasteiger partial charge in [0.15, 0.2) is 0 Å². The third-order valence-electron chi connectivity index (χ3n) is 5.72. The number of amides is 1. The highest BCUT2D eigenvalue weighted by atomic mass is 16.5. The monoisotopic (exact) mass is 428 g/mol. The quantitative estimate of drug-likeness (QED) is 0.372. The molecule has 1 unspecified atom stereocenters. The van der Waals surface area contributed by atoms with E-state index >= 15 is 0 Å². The lowest BCUT2D eigenvalue weighted by molar-refractivity contribution is -0.132. The number of carbonyl (C=O) groups excluding carboxylic acids is 2. The van der Waals surface area contributed by atoms with E-state index in [9.17, 15) is 14.7 Å². The number of methoxy groups -OCH3 is 1. The molecule has 1 fully saturated rings. The predicted octanol–water partition coefficient (Wildman–Crippen LogP) is 4.64. The van der Waals surface area contributed by atoms with E-state index in [1.165, 1.54) is 12.0 Å². The molecule has 0 spiro atoms. The zero-order chi connectivity index (χ0) is 23.0. The van der Waals surface area contributed by atoms with Gasteiger partial charge in [-0.05, 0) is 67.3 Å². The first-order chi connectivity index (χ1) is 15.3. The van der Waals surface area contributed by atoms with E-state index in [4.69, 9.17) is 4.74 Å². The van der Waals surface area contributed by atoms with Crippen molar-refractivity contribution in [2.45, 2.75) is 26.8 Å². The maximum atomic E-state index is 13.3. The molecule has 1 N–H and O–H groups in total. The number of Topliss-reactive ketones (excluding diaryl/α,β-unsaturated/α-hetero) is 1. The number of aromatic nitrogens is 1. The second kappa shape index (κ2) is 8.30. The van der Waals surface area contributed by atoms with Gasteiger partial charge >= 0.3 is 0 Å². The molecule has 2 aromatic carbocycles. The Kier molecular flexibility index (Phi) is 5.53. The fourth-order valence-electron chi connectivity index (χ4n) is 4.32. The number of hydrogen-bond acceptors (Lipinski definition) is 5. The van der Waals surface area contributed by atoms with Gasteiger partial charge in [-0.1, -0.05) is 24.3 Å². The summed E-state index contributed by atoms with van der Waals surface area (Å²) >= 11 is 0. The first-order valence-corrected chi connectivity index (χ1v) is 10.3. The molecule has 1 aromatic heterocycles. The molecule has 1 amide bonds. The summed E-state index contributed by atoms with van der Waals surface area (Å²) in [5, 5.41) is 11.4. The Morgan fingerprint density at radius 3 is 2.34 bits per heavy atom. The average molecular weight is 428 g/mol. The van der Waals surface area contributed by atoms with Crippen LogP contribution in [0.4, 0.5) is 5.69 Å². The van der Waals surface area contributed by atoms with E-state index in [1.54, 1.807) is 36.7 Å². The van der Waals surface area contributed by atoms with E-state index in [-0.39, 0.29) is 11.3 Å². The molecule has 6 heteroatoms. The molecule has 32 heavy (non-hydrogen) atoms. The fraction of sp³-hybridized carbons (Fsp3) is 0.192. The lowest BCUT2D eigenvalue weighted by Crippen LogP contribution is -2.30. The van der Waals surface area contributed by atoms with E-state index in [1.807, 2.05) is 45.0 Å². The summed E-state index contributed by atoms with van der Waals surface area (Å²) < 4.78 is 5.53. The van der Waals surface area contributed by atoms with Crippen LogP contribution in [0.3, 0.4) is 0 Å². The maximum Gasteiger partial charge on any atom is 0.300 e. The molecule has 0 bridgehead atoms. The number of hydrogen-bond donors (Lipinski definition) is 1. The second-order valence-electron chi connectivity index (χ2n) is 7.90. The van der Waals surface area contributed by atoms with Crippen LogP contribution in [-0.2, 0) is 9.59 Å². The van der Waals surface area contributed by atoms with Crippen molar-refractivity contribution in [1.29, 1.82) is 0 Å². The molecule has 1 aliphatic rings. The summed E-state index contributed by atoms with van der Waals surface area (Å²) in [4.78, 5) is 32.1. The predicted molar refractivity (Wildman–Crippen MR) is 123 cm³/mol. The number of ether oxygens (including phenoxy) is 1. The average Bonchev–Trinajstić information content (AvgIpc) is 3.04. The molecule has 4 rings (SSSR count). The second-order valence-corrected chi connectivity index (χ2v) is 7.90. The van der Waals surface area contributed by atoms with Crippen molar-refractivity contribution in [2.24, 2.45) is 0 Å². The van der Waals surface area contributed by atoms with E-state index < -0.39 is 17.7 Å². The van der Waals surface area contributed by atoms with Crippen LogP contribution in [0.15, 0.2) is 66.5 Å². The van der Waals surface area contributed by atoms with Crippen molar-refractivity contribution in [3.05, 3.63) is 94.3 Å². The molecule has 1 saturated heterocycles. The SMILES string of the molecule is COc1c(C)cc(C)cc1/C(O)=C1\C(=O)C(=O)N(c2ccccc2C)C1c1ccncc1. The smallest absolute Gasteiger partial charge is 0.300 e. The van der Waals surface area contributed by atoms with Gasteiger partial charge in [0.05, 0.1) is 24.3 Å². The Bertz CT molecular complexity index is 1250. The number of ketones is 1. The molecule has 162 valence electrons. The number of nitrogens with zero attached hydrogens (tertiary/aromatic N) is 2. The van der Waals surface area contributed by atoms with Crippen molar-refractivity contribution in [3.8, 4) is 5.75 Å². The van der Waals surface area contributed by atoms with E-state index in [0.29, 0.717) is 22.6 Å². The van der Waals surface area contributed by atoms with Gasteiger partial charge in [-0.25, -0.2) is 0 Å². The van der Waals surface area contributed by atoms with Crippen LogP contribution in [0, 0.1) is 20.8 Å². The minimum absolute atomic E-state index is 0.0211. The van der Waals surface area contributed by atoms with Gasteiger partial charge in [0.25, 0.3) is 11.7 Å². The van der Waals surface area contributed by atoms with E-state index in [0.717, 1.165) is 16.7 Å². The van der Waals surface area contributed by atoms with Crippen LogP contribution in [-0.4, -0.2) is 28.9 Å². The summed E-state index contributed by atoms with van der Waals surface area (Å²) in [6, 6.07) is 13.7. The fourth-order valence-corrected chi connectivity index (χ4v) is 4.32. The van der Waals surface area contributed by atoms with Crippen molar-refractivity contribution in [1.82, 2.24) is 4.98 Å². The van der Waals surface area contributed by atoms with Gasteiger partial charge in [-0.3, -0.25) is 19.5 Å². The Balaban J connectivity index is 2.02. The lowest BCUT2D eigenvalue weighted by Gasteiger charge is -2.26. The van der Waals surface area contributed by atoms with Gasteiger partial charge in [-0.2, -0.15) is 0 Å². The number of anilines is 1. The van der Waals surface area contributed by atoms with Crippen LogP contribution in [0.2, 0.25) is 0 Å². The number of benzene rings is 2. The van der Waals surface area contributed by atoms with Gasteiger partial charge in [-0.15, -0.1) is 0 Å². The molecule has 0 radical (unpaired) electrons. The number of rotatable bonds is 4. The number of pyridine rings is 1. The molecule has 0 saturated carbocycles. The van der Waals surface area contributed by atoms with Crippen LogP contribution in [0.25, 0.3) is 5.76 Å². The molecule has 2 heterocycles. The van der Waals surface area contributed by atoms with Gasteiger partial charge < -0.3 is 9.84 Å². The number of aryl methyl sites for hydroxylation is 3. The lowest BCUT2D eigenvalue weighted by atomic mass is 9.94. The van der Waals surface area contributed by atoms with E-state index in [2.05, 4.69) is 4.98 Å². The normalized spacial score (nSPS) is 17.6. The summed E-state index contributed by atoms with van der Waals surface area (Å²) in [7, 11) is 1.51. The van der Waals surface area contributed by atoms with Crippen LogP contribution < -0.4 is 9.64 Å². The Hall–Kier alpha value is -3.93. The molecular formula is C26H24N2O4. The highest BCUT2D eigenvalue weighted by molar-refractivity contribution is 6.51. The van der Waals surface area contributed by atoms with Crippen molar-refractivity contribution < 1.29 is 19.4 Å². The van der Waals surface area contributed by atoms with Crippen molar-refractivity contribution >= 4 is 23.1 Å². The topological polar surface area (TPSA) is 79.7 Å². The number of carbonyl (C=O) groups is 2. The van der Waals surface area contributed by atoms with Crippen LogP contribution >= 0.6 is 0 Å².